The molecule has 0 spiro atoms. The molecule has 2 heterocycles. The molecule has 4 rings (SSSR count). The highest BCUT2D eigenvalue weighted by Gasteiger charge is 2.42. The van der Waals surface area contributed by atoms with Crippen LogP contribution in [-0.4, -0.2) is 34.8 Å². The maximum Gasteiger partial charge on any atom is 0.338 e. The summed E-state index contributed by atoms with van der Waals surface area (Å²) in [6, 6.07) is 14.3. The molecule has 2 aliphatic rings. The minimum absolute atomic E-state index is 0.0783. The SMILES string of the molecule is COc1ccc(Br)cc1[C@H]1C(C(=O)OCc2ccccc2)=C(C)N=C2SCCC(=O)N21. The molecule has 1 saturated heterocycles. The molecule has 1 amide bonds. The van der Waals surface area contributed by atoms with E-state index in [4.69, 9.17) is 9.47 Å². The second-order valence-electron chi connectivity index (χ2n) is 7.11. The second kappa shape index (κ2) is 9.28. The van der Waals surface area contributed by atoms with Gasteiger partial charge in [0.25, 0.3) is 0 Å². The van der Waals surface area contributed by atoms with Gasteiger partial charge in [-0.25, -0.2) is 9.79 Å². The summed E-state index contributed by atoms with van der Waals surface area (Å²) in [6.07, 6.45) is 0.377. The number of methoxy groups -OCH3 is 1. The maximum absolute atomic E-state index is 13.3. The number of halogens is 1. The highest BCUT2D eigenvalue weighted by Crippen LogP contribution is 2.44. The van der Waals surface area contributed by atoms with Gasteiger partial charge in [-0.2, -0.15) is 0 Å². The monoisotopic (exact) mass is 500 g/mol. The van der Waals surface area contributed by atoms with E-state index in [-0.39, 0.29) is 12.5 Å². The minimum Gasteiger partial charge on any atom is -0.496 e. The lowest BCUT2D eigenvalue weighted by Crippen LogP contribution is -2.46. The van der Waals surface area contributed by atoms with E-state index in [9.17, 15) is 9.59 Å². The molecule has 8 heteroatoms. The van der Waals surface area contributed by atoms with Crippen LogP contribution in [0, 0.1) is 0 Å². The van der Waals surface area contributed by atoms with Crippen LogP contribution in [-0.2, 0) is 20.9 Å². The standard InChI is InChI=1S/C23H21BrN2O4S/c1-14-20(22(28)30-13-15-6-4-3-5-7-15)21(17-12-16(24)8-9-18(17)29-2)26-19(27)10-11-31-23(26)25-14/h3-9,12,21H,10-11,13H2,1-2H3/t21-/m0/s1. The van der Waals surface area contributed by atoms with Crippen LogP contribution in [0.4, 0.5) is 0 Å². The summed E-state index contributed by atoms with van der Waals surface area (Å²) in [5.74, 6) is 0.668. The maximum atomic E-state index is 13.3. The quantitative estimate of drug-likeness (QED) is 0.548. The van der Waals surface area contributed by atoms with Crippen LogP contribution < -0.4 is 4.74 Å². The number of fused-ring (bicyclic) bond motifs is 1. The third-order valence-corrected chi connectivity index (χ3v) is 6.57. The largest absolute Gasteiger partial charge is 0.496 e. The fourth-order valence-corrected chi connectivity index (χ4v) is 5.06. The zero-order valence-corrected chi connectivity index (χ0v) is 19.5. The van der Waals surface area contributed by atoms with Crippen LogP contribution in [0.5, 0.6) is 5.75 Å². The van der Waals surface area contributed by atoms with Gasteiger partial charge in [-0.15, -0.1) is 0 Å². The zero-order valence-electron chi connectivity index (χ0n) is 17.1. The van der Waals surface area contributed by atoms with E-state index in [1.54, 1.807) is 18.9 Å². The Balaban J connectivity index is 1.78. The summed E-state index contributed by atoms with van der Waals surface area (Å²) in [4.78, 5) is 32.4. The van der Waals surface area contributed by atoms with E-state index in [1.165, 1.54) is 11.8 Å². The molecule has 31 heavy (non-hydrogen) atoms. The average Bonchev–Trinajstić information content (AvgIpc) is 2.77. The number of nitrogens with zero attached hydrogens (tertiary/aromatic N) is 2. The van der Waals surface area contributed by atoms with Crippen molar-refractivity contribution >= 4 is 44.7 Å². The van der Waals surface area contributed by atoms with E-state index in [0.717, 1.165) is 10.0 Å². The number of amidine groups is 1. The summed E-state index contributed by atoms with van der Waals surface area (Å²) in [5.41, 5.74) is 2.46. The Bertz CT molecular complexity index is 1080. The number of hydrogen-bond acceptors (Lipinski definition) is 6. The molecule has 0 radical (unpaired) electrons. The fourth-order valence-electron chi connectivity index (χ4n) is 3.67. The van der Waals surface area contributed by atoms with E-state index >= 15 is 0 Å². The zero-order chi connectivity index (χ0) is 22.0. The van der Waals surface area contributed by atoms with Gasteiger partial charge in [0, 0.05) is 22.2 Å². The third-order valence-electron chi connectivity index (χ3n) is 5.13. The molecule has 0 aromatic heterocycles. The second-order valence-corrected chi connectivity index (χ2v) is 9.08. The molecule has 2 aromatic carbocycles. The van der Waals surface area contributed by atoms with Crippen molar-refractivity contribution in [2.75, 3.05) is 12.9 Å². The van der Waals surface area contributed by atoms with Gasteiger partial charge in [0.15, 0.2) is 5.17 Å². The molecule has 6 nitrogen and oxygen atoms in total. The normalized spacial score (nSPS) is 18.4. The van der Waals surface area contributed by atoms with Crippen LogP contribution in [0.1, 0.15) is 30.5 Å². The molecule has 0 bridgehead atoms. The number of hydrogen-bond donors (Lipinski definition) is 0. The number of carbonyl (C=O) groups is 2. The first-order valence-corrected chi connectivity index (χ1v) is 11.6. The Hall–Kier alpha value is -2.58. The van der Waals surface area contributed by atoms with Crippen LogP contribution in [0.25, 0.3) is 0 Å². The Morgan fingerprint density at radius 1 is 1.26 bits per heavy atom. The van der Waals surface area contributed by atoms with Crippen LogP contribution in [0.3, 0.4) is 0 Å². The number of thioether (sulfide) groups is 1. The van der Waals surface area contributed by atoms with Crippen LogP contribution in [0.2, 0.25) is 0 Å². The molecular formula is C23H21BrN2O4S. The summed E-state index contributed by atoms with van der Waals surface area (Å²) >= 11 is 5.01. The van der Waals surface area contributed by atoms with Gasteiger partial charge in [0.05, 0.1) is 18.4 Å². The minimum atomic E-state index is -0.677. The summed E-state index contributed by atoms with van der Waals surface area (Å²) < 4.78 is 12.0. The van der Waals surface area contributed by atoms with Gasteiger partial charge >= 0.3 is 5.97 Å². The topological polar surface area (TPSA) is 68.2 Å². The first-order chi connectivity index (χ1) is 15.0. The fraction of sp³-hybridized carbons (Fsp3) is 0.261. The van der Waals surface area contributed by atoms with Crippen molar-refractivity contribution in [1.82, 2.24) is 4.90 Å². The molecule has 2 aliphatic heterocycles. The third kappa shape index (κ3) is 4.41. The molecule has 160 valence electrons. The van der Waals surface area contributed by atoms with E-state index in [1.807, 2.05) is 48.5 Å². The lowest BCUT2D eigenvalue weighted by Gasteiger charge is -2.39. The molecule has 0 aliphatic carbocycles. The number of carbonyl (C=O) groups excluding carboxylic acids is 2. The molecule has 0 saturated carbocycles. The number of esters is 1. The Labute approximate surface area is 193 Å². The predicted molar refractivity (Wildman–Crippen MR) is 124 cm³/mol. The number of amides is 1. The number of allylic oxidation sites excluding steroid dienone is 1. The summed E-state index contributed by atoms with van der Waals surface area (Å²) in [6.45, 7) is 1.92. The van der Waals surface area contributed by atoms with Crippen molar-refractivity contribution < 1.29 is 19.1 Å². The lowest BCUT2D eigenvalue weighted by molar-refractivity contribution is -0.141. The number of ether oxygens (including phenoxy) is 2. The highest BCUT2D eigenvalue weighted by molar-refractivity contribution is 9.10. The van der Waals surface area contributed by atoms with Crippen molar-refractivity contribution in [2.24, 2.45) is 4.99 Å². The number of rotatable bonds is 5. The van der Waals surface area contributed by atoms with E-state index in [2.05, 4.69) is 20.9 Å². The highest BCUT2D eigenvalue weighted by atomic mass is 79.9. The lowest BCUT2D eigenvalue weighted by atomic mass is 9.93. The van der Waals surface area contributed by atoms with Gasteiger partial charge in [-0.3, -0.25) is 9.69 Å². The molecule has 1 atom stereocenters. The number of benzene rings is 2. The smallest absolute Gasteiger partial charge is 0.338 e. The molecular weight excluding hydrogens is 480 g/mol. The van der Waals surface area contributed by atoms with E-state index < -0.39 is 12.0 Å². The molecule has 0 N–H and O–H groups in total. The van der Waals surface area contributed by atoms with Gasteiger partial charge < -0.3 is 9.47 Å². The molecule has 0 unspecified atom stereocenters. The van der Waals surface area contributed by atoms with Crippen LogP contribution in [0.15, 0.2) is 69.3 Å². The predicted octanol–water partition coefficient (Wildman–Crippen LogP) is 4.85. The van der Waals surface area contributed by atoms with Crippen LogP contribution >= 0.6 is 27.7 Å². The average molecular weight is 501 g/mol. The van der Waals surface area contributed by atoms with Crippen molar-refractivity contribution in [2.45, 2.75) is 26.0 Å². The first kappa shape index (κ1) is 21.6. The Kier molecular flexibility index (Phi) is 6.48. The Morgan fingerprint density at radius 2 is 2.03 bits per heavy atom. The Morgan fingerprint density at radius 3 is 2.77 bits per heavy atom. The molecule has 1 fully saturated rings. The summed E-state index contributed by atoms with van der Waals surface area (Å²) in [5, 5.41) is 0.598. The van der Waals surface area contributed by atoms with Crippen molar-refractivity contribution in [3.05, 3.63) is 75.4 Å². The van der Waals surface area contributed by atoms with Crippen molar-refractivity contribution in [3.8, 4) is 5.75 Å². The van der Waals surface area contributed by atoms with Gasteiger partial charge in [-0.1, -0.05) is 58.0 Å². The van der Waals surface area contributed by atoms with Crippen molar-refractivity contribution in [1.29, 1.82) is 0 Å². The summed E-state index contributed by atoms with van der Waals surface area (Å²) in [7, 11) is 1.57. The van der Waals surface area contributed by atoms with Gasteiger partial charge in [0.2, 0.25) is 5.91 Å². The van der Waals surface area contributed by atoms with Crippen molar-refractivity contribution in [3.63, 3.8) is 0 Å². The molecule has 2 aromatic rings. The van der Waals surface area contributed by atoms with E-state index in [0.29, 0.717) is 39.9 Å². The first-order valence-electron chi connectivity index (χ1n) is 9.78. The number of aliphatic imine (C=N–C) groups is 1. The van der Waals surface area contributed by atoms with Gasteiger partial charge in [0.1, 0.15) is 18.4 Å². The van der Waals surface area contributed by atoms with Gasteiger partial charge in [-0.05, 0) is 30.7 Å².